The number of nitrogens with zero attached hydrogens (tertiary/aromatic N) is 1. The van der Waals surface area contributed by atoms with E-state index < -0.39 is 0 Å². The van der Waals surface area contributed by atoms with E-state index >= 15 is 0 Å². The summed E-state index contributed by atoms with van der Waals surface area (Å²) in [5.74, 6) is 0. The number of aryl methyl sites for hydroxylation is 1. The van der Waals surface area contributed by atoms with Crippen LogP contribution < -0.4 is 5.32 Å². The quantitative estimate of drug-likeness (QED) is 0.780. The molecule has 0 bridgehead atoms. The molecule has 1 heterocycles. The summed E-state index contributed by atoms with van der Waals surface area (Å²) in [5, 5.41) is 3.37. The molecule has 0 aliphatic carbocycles. The predicted molar refractivity (Wildman–Crippen MR) is 58.6 cm³/mol. The van der Waals surface area contributed by atoms with Crippen molar-refractivity contribution < 1.29 is 4.74 Å². The molecule has 3 nitrogen and oxygen atoms in total. The Morgan fingerprint density at radius 2 is 2.29 bits per heavy atom. The minimum Gasteiger partial charge on any atom is -0.383 e. The molecular weight excluding hydrogens is 176 g/mol. The summed E-state index contributed by atoms with van der Waals surface area (Å²) in [7, 11) is 1.72. The lowest BCUT2D eigenvalue weighted by atomic mass is 10.2. The van der Waals surface area contributed by atoms with Crippen LogP contribution >= 0.6 is 0 Å². The van der Waals surface area contributed by atoms with Crippen LogP contribution in [0.1, 0.15) is 19.0 Å². The van der Waals surface area contributed by atoms with Gasteiger partial charge in [-0.15, -0.1) is 0 Å². The number of rotatable bonds is 5. The summed E-state index contributed by atoms with van der Waals surface area (Å²) in [5.41, 5.74) is 2.09. The first-order valence-corrected chi connectivity index (χ1v) is 4.94. The smallest absolute Gasteiger partial charge is 0.0663 e. The molecule has 3 heteroatoms. The average Bonchev–Trinajstić information content (AvgIpc) is 2.20. The van der Waals surface area contributed by atoms with Gasteiger partial charge >= 0.3 is 0 Å². The number of nitrogens with one attached hydrogen (secondary N) is 1. The van der Waals surface area contributed by atoms with Gasteiger partial charge in [0.05, 0.1) is 18.5 Å². The lowest BCUT2D eigenvalue weighted by molar-refractivity contribution is 0.184. The number of hydrogen-bond acceptors (Lipinski definition) is 3. The van der Waals surface area contributed by atoms with E-state index in [2.05, 4.69) is 17.2 Å². The van der Waals surface area contributed by atoms with Gasteiger partial charge in [0, 0.05) is 18.8 Å². The van der Waals surface area contributed by atoms with E-state index in [4.69, 9.17) is 4.74 Å². The molecule has 1 atom stereocenters. The van der Waals surface area contributed by atoms with Gasteiger partial charge in [-0.05, 0) is 25.5 Å². The van der Waals surface area contributed by atoms with Crippen LogP contribution in [0.5, 0.6) is 0 Å². The van der Waals surface area contributed by atoms with Gasteiger partial charge in [-0.2, -0.15) is 0 Å². The highest BCUT2D eigenvalue weighted by molar-refractivity contribution is 5.41. The second-order valence-electron chi connectivity index (χ2n) is 3.39. The van der Waals surface area contributed by atoms with Gasteiger partial charge < -0.3 is 10.1 Å². The van der Waals surface area contributed by atoms with E-state index in [9.17, 15) is 0 Å². The highest BCUT2D eigenvalue weighted by Crippen LogP contribution is 2.08. The van der Waals surface area contributed by atoms with Crippen molar-refractivity contribution >= 4 is 5.69 Å². The maximum atomic E-state index is 5.11. The van der Waals surface area contributed by atoms with Crippen LogP contribution in [-0.4, -0.2) is 24.7 Å². The van der Waals surface area contributed by atoms with Crippen molar-refractivity contribution in [2.45, 2.75) is 26.3 Å². The summed E-state index contributed by atoms with van der Waals surface area (Å²) in [6.45, 7) is 4.85. The third kappa shape index (κ3) is 3.34. The molecule has 0 amide bonds. The van der Waals surface area contributed by atoms with Crippen molar-refractivity contribution in [1.29, 1.82) is 0 Å². The standard InChI is InChI=1S/C11H18N2O/c1-4-10(8-14-3)13-11-6-5-9(2)12-7-11/h5-7,10,13H,4,8H2,1-3H3. The summed E-state index contributed by atoms with van der Waals surface area (Å²) in [6.07, 6.45) is 2.90. The highest BCUT2D eigenvalue weighted by atomic mass is 16.5. The Bertz CT molecular complexity index is 258. The van der Waals surface area contributed by atoms with Gasteiger partial charge in [0.25, 0.3) is 0 Å². The lowest BCUT2D eigenvalue weighted by Crippen LogP contribution is -2.23. The number of ether oxygens (including phenoxy) is 1. The molecule has 1 N–H and O–H groups in total. The van der Waals surface area contributed by atoms with E-state index in [1.807, 2.05) is 25.3 Å². The van der Waals surface area contributed by atoms with Crippen LogP contribution in [0.15, 0.2) is 18.3 Å². The van der Waals surface area contributed by atoms with Crippen molar-refractivity contribution in [3.05, 3.63) is 24.0 Å². The van der Waals surface area contributed by atoms with Crippen molar-refractivity contribution in [2.24, 2.45) is 0 Å². The lowest BCUT2D eigenvalue weighted by Gasteiger charge is -2.16. The van der Waals surface area contributed by atoms with Gasteiger partial charge in [-0.1, -0.05) is 6.92 Å². The van der Waals surface area contributed by atoms with Gasteiger partial charge in [0.1, 0.15) is 0 Å². The van der Waals surface area contributed by atoms with Crippen LogP contribution in [0.4, 0.5) is 5.69 Å². The molecule has 1 aromatic rings. The number of pyridine rings is 1. The minimum absolute atomic E-state index is 0.365. The minimum atomic E-state index is 0.365. The summed E-state index contributed by atoms with van der Waals surface area (Å²) >= 11 is 0. The normalized spacial score (nSPS) is 12.5. The largest absolute Gasteiger partial charge is 0.383 e. The Kier molecular flexibility index (Phi) is 4.40. The molecule has 14 heavy (non-hydrogen) atoms. The van der Waals surface area contributed by atoms with Crippen LogP contribution in [0.3, 0.4) is 0 Å². The number of aromatic nitrogens is 1. The second-order valence-corrected chi connectivity index (χ2v) is 3.39. The van der Waals surface area contributed by atoms with Gasteiger partial charge in [-0.25, -0.2) is 0 Å². The summed E-state index contributed by atoms with van der Waals surface area (Å²) in [4.78, 5) is 4.22. The zero-order valence-corrected chi connectivity index (χ0v) is 9.08. The Morgan fingerprint density at radius 3 is 2.79 bits per heavy atom. The SMILES string of the molecule is CCC(COC)Nc1ccc(C)nc1. The van der Waals surface area contributed by atoms with Gasteiger partial charge in [0.15, 0.2) is 0 Å². The first-order chi connectivity index (χ1) is 6.76. The first kappa shape index (κ1) is 11.0. The molecule has 1 aromatic heterocycles. The zero-order valence-electron chi connectivity index (χ0n) is 9.08. The average molecular weight is 194 g/mol. The van der Waals surface area contributed by atoms with Crippen LogP contribution in [0, 0.1) is 6.92 Å². The van der Waals surface area contributed by atoms with E-state index in [0.29, 0.717) is 6.04 Å². The number of anilines is 1. The number of methoxy groups -OCH3 is 1. The fourth-order valence-electron chi connectivity index (χ4n) is 1.25. The molecule has 0 radical (unpaired) electrons. The molecule has 0 spiro atoms. The molecule has 0 aliphatic rings. The number of hydrogen-bond donors (Lipinski definition) is 1. The maximum absolute atomic E-state index is 5.11. The monoisotopic (exact) mass is 194 g/mol. The van der Waals surface area contributed by atoms with Crippen molar-refractivity contribution in [3.8, 4) is 0 Å². The third-order valence-corrected chi connectivity index (χ3v) is 2.14. The molecule has 78 valence electrons. The first-order valence-electron chi connectivity index (χ1n) is 4.94. The van der Waals surface area contributed by atoms with Crippen molar-refractivity contribution in [1.82, 2.24) is 4.98 Å². The Balaban J connectivity index is 2.53. The highest BCUT2D eigenvalue weighted by Gasteiger charge is 2.04. The predicted octanol–water partition coefficient (Wildman–Crippen LogP) is 2.23. The third-order valence-electron chi connectivity index (χ3n) is 2.14. The Labute approximate surface area is 85.5 Å². The van der Waals surface area contributed by atoms with Gasteiger partial charge in [0.2, 0.25) is 0 Å². The van der Waals surface area contributed by atoms with E-state index in [1.54, 1.807) is 7.11 Å². The molecule has 0 fully saturated rings. The fourth-order valence-corrected chi connectivity index (χ4v) is 1.25. The van der Waals surface area contributed by atoms with Crippen molar-refractivity contribution in [3.63, 3.8) is 0 Å². The van der Waals surface area contributed by atoms with Gasteiger partial charge in [-0.3, -0.25) is 4.98 Å². The second kappa shape index (κ2) is 5.60. The molecular formula is C11H18N2O. The molecule has 0 saturated carbocycles. The molecule has 1 unspecified atom stereocenters. The fraction of sp³-hybridized carbons (Fsp3) is 0.545. The topological polar surface area (TPSA) is 34.1 Å². The van der Waals surface area contributed by atoms with E-state index in [1.165, 1.54) is 0 Å². The molecule has 0 saturated heterocycles. The summed E-state index contributed by atoms with van der Waals surface area (Å²) < 4.78 is 5.11. The van der Waals surface area contributed by atoms with E-state index in [-0.39, 0.29) is 0 Å². The van der Waals surface area contributed by atoms with Crippen LogP contribution in [0.25, 0.3) is 0 Å². The molecule has 0 aromatic carbocycles. The molecule has 1 rings (SSSR count). The van der Waals surface area contributed by atoms with Crippen molar-refractivity contribution in [2.75, 3.05) is 19.0 Å². The molecule has 0 aliphatic heterocycles. The maximum Gasteiger partial charge on any atom is 0.0663 e. The Morgan fingerprint density at radius 1 is 1.50 bits per heavy atom. The van der Waals surface area contributed by atoms with Crippen LogP contribution in [-0.2, 0) is 4.74 Å². The zero-order chi connectivity index (χ0) is 10.4. The van der Waals surface area contributed by atoms with Crippen LogP contribution in [0.2, 0.25) is 0 Å². The van der Waals surface area contributed by atoms with E-state index in [0.717, 1.165) is 24.4 Å². The Hall–Kier alpha value is -1.09. The summed E-state index contributed by atoms with van der Waals surface area (Å²) in [6, 6.07) is 4.41.